The molecule has 3 heterocycles. The Bertz CT molecular complexity index is 1570. The summed E-state index contributed by atoms with van der Waals surface area (Å²) in [5.74, 6) is -2.17. The molecule has 0 saturated carbocycles. The van der Waals surface area contributed by atoms with E-state index in [0.717, 1.165) is 10.7 Å². The van der Waals surface area contributed by atoms with Crippen LogP contribution >= 0.6 is 32.4 Å². The Kier molecular flexibility index (Phi) is 7.92. The van der Waals surface area contributed by atoms with Crippen LogP contribution in [0.1, 0.15) is 33.3 Å². The third kappa shape index (κ3) is 6.84. The van der Waals surface area contributed by atoms with Gasteiger partial charge in [-0.3, -0.25) is 9.59 Å². The van der Waals surface area contributed by atoms with Gasteiger partial charge in [0.2, 0.25) is 5.88 Å². The minimum Gasteiger partial charge on any atom is -0.470 e. The Morgan fingerprint density at radius 3 is 2.54 bits per heavy atom. The Hall–Kier alpha value is -2.86. The van der Waals surface area contributed by atoms with Crippen molar-refractivity contribution in [1.29, 1.82) is 0 Å². The van der Waals surface area contributed by atoms with Gasteiger partial charge < -0.3 is 15.4 Å². The number of benzene rings is 1. The number of hydrogen-bond donors (Lipinski definition) is 2. The highest BCUT2D eigenvalue weighted by Gasteiger charge is 2.46. The minimum atomic E-state index is -3.24. The largest absolute Gasteiger partial charge is 0.470 e. The van der Waals surface area contributed by atoms with Crippen LogP contribution in [-0.4, -0.2) is 64.3 Å². The summed E-state index contributed by atoms with van der Waals surface area (Å²) >= 11 is 12.4. The van der Waals surface area contributed by atoms with Gasteiger partial charge in [-0.15, -0.1) is 5.10 Å². The molecule has 208 valence electrons. The molecule has 0 bridgehead atoms. The lowest BCUT2D eigenvalue weighted by atomic mass is 10.0. The van der Waals surface area contributed by atoms with Gasteiger partial charge in [-0.05, 0) is 43.7 Å². The number of hydrogen-bond acceptors (Lipinski definition) is 7. The minimum absolute atomic E-state index is 0.0140. The van der Waals surface area contributed by atoms with Crippen molar-refractivity contribution in [2.75, 3.05) is 23.4 Å². The molecule has 4 rings (SSSR count). The molecule has 1 aliphatic heterocycles. The fraction of sp³-hybridized carbons (Fsp3) is 0.304. The van der Waals surface area contributed by atoms with Gasteiger partial charge in [-0.2, -0.15) is 8.78 Å². The molecular formula is C23H22Cl2F2N5O5PS. The maximum Gasteiger partial charge on any atom is 0.292 e. The second-order valence-corrected chi connectivity index (χ2v) is 13.0. The first-order valence-corrected chi connectivity index (χ1v) is 14.4. The van der Waals surface area contributed by atoms with E-state index in [1.54, 1.807) is 19.9 Å². The van der Waals surface area contributed by atoms with E-state index in [9.17, 15) is 26.8 Å². The number of carbonyl (C=O) groups excluding carboxylic acids is 2. The van der Waals surface area contributed by atoms with Crippen LogP contribution in [0.3, 0.4) is 0 Å². The Balaban J connectivity index is 1.69. The summed E-state index contributed by atoms with van der Waals surface area (Å²) in [6, 6.07) is 7.03. The van der Waals surface area contributed by atoms with Crippen molar-refractivity contribution in [1.82, 2.24) is 20.1 Å². The molecule has 0 aliphatic carbocycles. The highest BCUT2D eigenvalue weighted by molar-refractivity contribution is 7.93. The molecule has 10 nitrogen and oxygen atoms in total. The van der Waals surface area contributed by atoms with Gasteiger partial charge >= 0.3 is 0 Å². The Morgan fingerprint density at radius 1 is 1.23 bits per heavy atom. The van der Waals surface area contributed by atoms with E-state index in [-0.39, 0.29) is 50.2 Å². The maximum atomic E-state index is 13.5. The van der Waals surface area contributed by atoms with Gasteiger partial charge in [0.25, 0.3) is 17.5 Å². The SMILES string of the molecule is Cc1cc(Cl)cc(C(=O)NC2(C)CS(=O)(=O)C2)c1NC(=O)c1cc(OCC(F)(F)P)nn1-c1ncccc1Cl. The number of nitrogens with one attached hydrogen (secondary N) is 2. The fourth-order valence-corrected chi connectivity index (χ4v) is 6.62. The number of aryl methyl sites for hydroxylation is 1. The highest BCUT2D eigenvalue weighted by atomic mass is 35.5. The van der Waals surface area contributed by atoms with Crippen LogP contribution in [0.25, 0.3) is 5.82 Å². The van der Waals surface area contributed by atoms with Crippen LogP contribution < -0.4 is 15.4 Å². The lowest BCUT2D eigenvalue weighted by Crippen LogP contribution is -2.63. The molecule has 39 heavy (non-hydrogen) atoms. The van der Waals surface area contributed by atoms with E-state index in [1.807, 2.05) is 0 Å². The molecule has 1 saturated heterocycles. The summed E-state index contributed by atoms with van der Waals surface area (Å²) in [7, 11) is -1.90. The van der Waals surface area contributed by atoms with Gasteiger partial charge in [0.1, 0.15) is 5.69 Å². The summed E-state index contributed by atoms with van der Waals surface area (Å²) in [5, 5.41) is 9.72. The van der Waals surface area contributed by atoms with Crippen LogP contribution in [-0.2, 0) is 9.84 Å². The lowest BCUT2D eigenvalue weighted by molar-refractivity contribution is 0.0441. The van der Waals surface area contributed by atoms with Crippen molar-refractivity contribution in [3.05, 3.63) is 63.4 Å². The number of carbonyl (C=O) groups is 2. The quantitative estimate of drug-likeness (QED) is 0.365. The molecule has 3 aromatic rings. The number of halogens is 4. The van der Waals surface area contributed by atoms with Crippen LogP contribution in [0.15, 0.2) is 36.5 Å². The molecule has 2 N–H and O–H groups in total. The average Bonchev–Trinajstić information content (AvgIpc) is 3.21. The van der Waals surface area contributed by atoms with Gasteiger partial charge in [0.15, 0.2) is 22.3 Å². The van der Waals surface area contributed by atoms with Crippen molar-refractivity contribution >= 4 is 59.8 Å². The topological polar surface area (TPSA) is 132 Å². The number of alkyl halides is 2. The summed E-state index contributed by atoms with van der Waals surface area (Å²) in [5.41, 5.74) is -3.91. The van der Waals surface area contributed by atoms with E-state index < -0.39 is 39.5 Å². The number of sulfone groups is 1. The van der Waals surface area contributed by atoms with E-state index in [4.69, 9.17) is 27.9 Å². The van der Waals surface area contributed by atoms with Gasteiger partial charge in [0, 0.05) is 17.3 Å². The molecule has 1 atom stereocenters. The number of ether oxygens (including phenoxy) is 1. The first kappa shape index (κ1) is 29.1. The van der Waals surface area contributed by atoms with Crippen molar-refractivity contribution in [2.24, 2.45) is 0 Å². The summed E-state index contributed by atoms with van der Waals surface area (Å²) < 4.78 is 56.1. The zero-order chi connectivity index (χ0) is 28.8. The second kappa shape index (κ2) is 10.6. The molecule has 2 amide bonds. The number of nitrogens with zero attached hydrogens (tertiary/aromatic N) is 3. The van der Waals surface area contributed by atoms with Crippen LogP contribution in [0.2, 0.25) is 10.0 Å². The molecule has 16 heteroatoms. The summed E-state index contributed by atoms with van der Waals surface area (Å²) in [6.07, 6.45) is 1.40. The molecule has 1 unspecified atom stereocenters. The van der Waals surface area contributed by atoms with Crippen LogP contribution in [0.5, 0.6) is 5.88 Å². The van der Waals surface area contributed by atoms with Crippen LogP contribution in [0, 0.1) is 6.92 Å². The molecular weight excluding hydrogens is 598 g/mol. The average molecular weight is 620 g/mol. The number of rotatable bonds is 8. The fourth-order valence-electron chi connectivity index (χ4n) is 4.06. The van der Waals surface area contributed by atoms with Gasteiger partial charge in [-0.25, -0.2) is 18.1 Å². The van der Waals surface area contributed by atoms with Crippen molar-refractivity contribution < 1.29 is 31.5 Å². The van der Waals surface area contributed by atoms with E-state index in [0.29, 0.717) is 5.56 Å². The smallest absolute Gasteiger partial charge is 0.292 e. The molecule has 2 aromatic heterocycles. The molecule has 0 spiro atoms. The lowest BCUT2D eigenvalue weighted by Gasteiger charge is -2.38. The van der Waals surface area contributed by atoms with Crippen molar-refractivity contribution in [3.8, 4) is 11.7 Å². The van der Waals surface area contributed by atoms with E-state index >= 15 is 0 Å². The first-order chi connectivity index (χ1) is 18.1. The van der Waals surface area contributed by atoms with E-state index in [1.165, 1.54) is 33.6 Å². The molecule has 1 aliphatic rings. The Labute approximate surface area is 234 Å². The number of anilines is 1. The predicted molar refractivity (Wildman–Crippen MR) is 145 cm³/mol. The molecule has 1 fully saturated rings. The summed E-state index contributed by atoms with van der Waals surface area (Å²) in [4.78, 5) is 30.8. The predicted octanol–water partition coefficient (Wildman–Crippen LogP) is 3.90. The van der Waals surface area contributed by atoms with Crippen LogP contribution in [0.4, 0.5) is 14.5 Å². The van der Waals surface area contributed by atoms with E-state index in [2.05, 4.69) is 20.7 Å². The van der Waals surface area contributed by atoms with Crippen molar-refractivity contribution in [2.45, 2.75) is 25.1 Å². The number of amides is 2. The zero-order valence-electron chi connectivity index (χ0n) is 20.5. The second-order valence-electron chi connectivity index (χ2n) is 9.28. The van der Waals surface area contributed by atoms with Crippen molar-refractivity contribution in [3.63, 3.8) is 0 Å². The van der Waals surface area contributed by atoms with Gasteiger partial charge in [-0.1, -0.05) is 32.4 Å². The first-order valence-electron chi connectivity index (χ1n) is 11.2. The number of pyridine rings is 1. The monoisotopic (exact) mass is 619 g/mol. The Morgan fingerprint density at radius 2 is 1.92 bits per heavy atom. The number of aromatic nitrogens is 3. The normalized spacial score (nSPS) is 15.8. The van der Waals surface area contributed by atoms with Gasteiger partial charge in [0.05, 0.1) is 33.3 Å². The summed E-state index contributed by atoms with van der Waals surface area (Å²) in [6.45, 7) is 2.17. The maximum absolute atomic E-state index is 13.5. The molecule has 1 aromatic carbocycles. The standard InChI is InChI=1S/C23H22Cl2F2N5O5PS/c1-12-6-13(24)7-14(20(33)30-22(2)10-39(35,36)11-22)18(12)29-21(34)16-8-17(37-9-23(26,27)38)31-32(16)19-15(25)4-3-5-28-19/h3-8H,9-11,38H2,1-2H3,(H,29,34)(H,30,33). The highest BCUT2D eigenvalue weighted by Crippen LogP contribution is 2.30. The molecule has 0 radical (unpaired) electrons. The zero-order valence-corrected chi connectivity index (χ0v) is 23.9. The third-order valence-electron chi connectivity index (χ3n) is 5.55. The third-order valence-corrected chi connectivity index (χ3v) is 8.38.